The van der Waals surface area contributed by atoms with Crippen LogP contribution in [0.1, 0.15) is 13.8 Å². The van der Waals surface area contributed by atoms with E-state index in [0.717, 1.165) is 12.1 Å². The predicted molar refractivity (Wildman–Crippen MR) is 105 cm³/mol. The predicted octanol–water partition coefficient (Wildman–Crippen LogP) is 4.05. The van der Waals surface area contributed by atoms with Gasteiger partial charge in [-0.1, -0.05) is 35.3 Å². The van der Waals surface area contributed by atoms with Crippen molar-refractivity contribution in [1.29, 1.82) is 0 Å². The van der Waals surface area contributed by atoms with Gasteiger partial charge in [0.15, 0.2) is 4.90 Å². The Kier molecular flexibility index (Phi) is 6.87. The van der Waals surface area contributed by atoms with Gasteiger partial charge in [-0.25, -0.2) is 8.42 Å². The molecule has 0 unspecified atom stereocenters. The van der Waals surface area contributed by atoms with Crippen molar-refractivity contribution in [3.05, 3.63) is 62.6 Å². The lowest BCUT2D eigenvalue weighted by atomic mass is 10.3. The highest BCUT2D eigenvalue weighted by Crippen LogP contribution is 2.35. The number of nitrogens with zero attached hydrogens (tertiary/aromatic N) is 2. The van der Waals surface area contributed by atoms with Crippen LogP contribution in [0.3, 0.4) is 0 Å². The third-order valence-corrected chi connectivity index (χ3v) is 5.81. The maximum Gasteiger partial charge on any atom is 0.327 e. The van der Waals surface area contributed by atoms with Crippen LogP contribution < -0.4 is 4.31 Å². The number of nitro groups is 1. The van der Waals surface area contributed by atoms with E-state index in [1.807, 2.05) is 0 Å². The first-order valence-electron chi connectivity index (χ1n) is 7.94. The summed E-state index contributed by atoms with van der Waals surface area (Å²) in [7, 11) is -4.55. The molecule has 0 aliphatic heterocycles. The van der Waals surface area contributed by atoms with E-state index in [1.54, 1.807) is 13.8 Å². The van der Waals surface area contributed by atoms with Crippen molar-refractivity contribution in [2.24, 2.45) is 0 Å². The average molecular weight is 447 g/mol. The minimum atomic E-state index is -4.55. The number of benzene rings is 2. The number of nitro benzene ring substituents is 1. The van der Waals surface area contributed by atoms with Gasteiger partial charge in [-0.05, 0) is 38.1 Å². The number of ether oxygens (including phenoxy) is 1. The van der Waals surface area contributed by atoms with E-state index >= 15 is 0 Å². The van der Waals surface area contributed by atoms with Gasteiger partial charge in [0.2, 0.25) is 0 Å². The molecule has 28 heavy (non-hydrogen) atoms. The zero-order valence-corrected chi connectivity index (χ0v) is 17.2. The molecule has 0 bridgehead atoms. The molecule has 0 saturated heterocycles. The van der Waals surface area contributed by atoms with Gasteiger partial charge in [0.05, 0.1) is 21.7 Å². The molecule has 0 heterocycles. The van der Waals surface area contributed by atoms with Crippen molar-refractivity contribution < 1.29 is 22.9 Å². The third-order valence-electron chi connectivity index (χ3n) is 3.45. The van der Waals surface area contributed by atoms with Crippen LogP contribution in [0.25, 0.3) is 0 Å². The maximum atomic E-state index is 13.3. The first-order chi connectivity index (χ1) is 13.0. The van der Waals surface area contributed by atoms with Gasteiger partial charge >= 0.3 is 5.97 Å². The second kappa shape index (κ2) is 8.76. The number of carbonyl (C=O) groups excluding carboxylic acids is 1. The molecule has 2 rings (SSSR count). The number of esters is 1. The molecule has 0 amide bonds. The second-order valence-electron chi connectivity index (χ2n) is 5.87. The van der Waals surface area contributed by atoms with Crippen LogP contribution in [0.4, 0.5) is 11.4 Å². The zero-order chi connectivity index (χ0) is 21.1. The fraction of sp³-hybridized carbons (Fsp3) is 0.235. The fourth-order valence-corrected chi connectivity index (χ4v) is 4.36. The summed E-state index contributed by atoms with van der Waals surface area (Å²) in [6.07, 6.45) is -0.488. The maximum absolute atomic E-state index is 13.3. The molecule has 11 heteroatoms. The highest BCUT2D eigenvalue weighted by Gasteiger charge is 2.34. The Bertz CT molecular complexity index is 1010. The van der Waals surface area contributed by atoms with Crippen LogP contribution in [0.15, 0.2) is 47.4 Å². The SMILES string of the molecule is CC(C)OC(=O)CN(c1cc(Cl)ccc1Cl)S(=O)(=O)c1ccccc1[N+](=O)[O-]. The molecule has 150 valence electrons. The molecule has 2 aromatic rings. The second-order valence-corrected chi connectivity index (χ2v) is 8.55. The lowest BCUT2D eigenvalue weighted by molar-refractivity contribution is -0.387. The van der Waals surface area contributed by atoms with Gasteiger partial charge in [-0.2, -0.15) is 0 Å². The summed E-state index contributed by atoms with van der Waals surface area (Å²) in [4.78, 5) is 22.1. The van der Waals surface area contributed by atoms with Crippen molar-refractivity contribution in [2.45, 2.75) is 24.8 Å². The highest BCUT2D eigenvalue weighted by molar-refractivity contribution is 7.93. The molecule has 0 spiro atoms. The summed E-state index contributed by atoms with van der Waals surface area (Å²) >= 11 is 12.1. The zero-order valence-electron chi connectivity index (χ0n) is 14.8. The van der Waals surface area contributed by atoms with Crippen LogP contribution >= 0.6 is 23.2 Å². The monoisotopic (exact) mass is 446 g/mol. The first kappa shape index (κ1) is 21.9. The van der Waals surface area contributed by atoms with Crippen molar-refractivity contribution in [2.75, 3.05) is 10.8 Å². The number of carbonyl (C=O) groups is 1. The number of hydrogen-bond donors (Lipinski definition) is 0. The molecule has 0 saturated carbocycles. The van der Waals surface area contributed by atoms with E-state index in [1.165, 1.54) is 30.3 Å². The third kappa shape index (κ3) is 4.92. The van der Waals surface area contributed by atoms with Gasteiger partial charge in [0, 0.05) is 11.1 Å². The number of hydrogen-bond acceptors (Lipinski definition) is 6. The number of sulfonamides is 1. The minimum Gasteiger partial charge on any atom is -0.462 e. The van der Waals surface area contributed by atoms with E-state index in [0.29, 0.717) is 4.31 Å². The molecule has 0 fully saturated rings. The molecule has 8 nitrogen and oxygen atoms in total. The Morgan fingerprint density at radius 2 is 1.86 bits per heavy atom. The summed E-state index contributed by atoms with van der Waals surface area (Å²) in [6.45, 7) is 2.46. The molecule has 0 N–H and O–H groups in total. The van der Waals surface area contributed by atoms with E-state index in [9.17, 15) is 23.3 Å². The van der Waals surface area contributed by atoms with E-state index in [4.69, 9.17) is 27.9 Å². The number of anilines is 1. The Hall–Kier alpha value is -2.36. The molecular formula is C17H16Cl2N2O6S. The first-order valence-corrected chi connectivity index (χ1v) is 10.1. The van der Waals surface area contributed by atoms with Gasteiger partial charge < -0.3 is 4.74 Å². The van der Waals surface area contributed by atoms with Crippen molar-refractivity contribution in [1.82, 2.24) is 0 Å². The summed E-state index contributed by atoms with van der Waals surface area (Å²) < 4.78 is 32.2. The number of rotatable bonds is 7. The Balaban J connectivity index is 2.66. The smallest absolute Gasteiger partial charge is 0.327 e. The number of halogens is 2. The van der Waals surface area contributed by atoms with E-state index < -0.39 is 44.1 Å². The van der Waals surface area contributed by atoms with Gasteiger partial charge in [-0.3, -0.25) is 19.2 Å². The van der Waals surface area contributed by atoms with Crippen molar-refractivity contribution in [3.63, 3.8) is 0 Å². The molecular weight excluding hydrogens is 431 g/mol. The Labute approximate surface area is 171 Å². The normalized spacial score (nSPS) is 11.3. The Morgan fingerprint density at radius 3 is 2.46 bits per heavy atom. The molecule has 0 aromatic heterocycles. The number of para-hydroxylation sites is 1. The quantitative estimate of drug-likeness (QED) is 0.360. The summed E-state index contributed by atoms with van der Waals surface area (Å²) in [6, 6.07) is 8.85. The van der Waals surface area contributed by atoms with Gasteiger partial charge in [-0.15, -0.1) is 0 Å². The summed E-state index contributed by atoms with van der Waals surface area (Å²) in [5, 5.41) is 11.5. The largest absolute Gasteiger partial charge is 0.462 e. The molecule has 0 aliphatic carbocycles. The lowest BCUT2D eigenvalue weighted by Crippen LogP contribution is -2.37. The van der Waals surface area contributed by atoms with Crippen LogP contribution in [-0.2, 0) is 19.6 Å². The average Bonchev–Trinajstić information content (AvgIpc) is 2.61. The van der Waals surface area contributed by atoms with Gasteiger partial charge in [0.1, 0.15) is 6.54 Å². The van der Waals surface area contributed by atoms with E-state index in [-0.39, 0.29) is 15.7 Å². The molecule has 0 atom stereocenters. The van der Waals surface area contributed by atoms with Crippen molar-refractivity contribution >= 4 is 50.6 Å². The van der Waals surface area contributed by atoms with Crippen LogP contribution in [0.2, 0.25) is 10.0 Å². The lowest BCUT2D eigenvalue weighted by Gasteiger charge is -2.25. The van der Waals surface area contributed by atoms with Crippen LogP contribution in [0, 0.1) is 10.1 Å². The molecule has 2 aromatic carbocycles. The van der Waals surface area contributed by atoms with Gasteiger partial charge in [0.25, 0.3) is 15.7 Å². The Morgan fingerprint density at radius 1 is 1.21 bits per heavy atom. The standard InChI is InChI=1S/C17H16Cl2N2O6S/c1-11(2)27-17(22)10-20(15-9-12(18)7-8-13(15)19)28(25,26)16-6-4-3-5-14(16)21(23)24/h3-9,11H,10H2,1-2H3. The van der Waals surface area contributed by atoms with Crippen molar-refractivity contribution in [3.8, 4) is 0 Å². The van der Waals surface area contributed by atoms with Crippen LogP contribution in [-0.4, -0.2) is 32.0 Å². The fourth-order valence-electron chi connectivity index (χ4n) is 2.34. The summed E-state index contributed by atoms with van der Waals surface area (Å²) in [5.74, 6) is -0.854. The summed E-state index contributed by atoms with van der Waals surface area (Å²) in [5.41, 5.74) is -0.740. The molecule has 0 radical (unpaired) electrons. The van der Waals surface area contributed by atoms with Crippen LogP contribution in [0.5, 0.6) is 0 Å². The minimum absolute atomic E-state index is 0.0103. The highest BCUT2D eigenvalue weighted by atomic mass is 35.5. The topological polar surface area (TPSA) is 107 Å². The van der Waals surface area contributed by atoms with E-state index in [2.05, 4.69) is 0 Å². The molecule has 0 aliphatic rings.